The fourth-order valence-corrected chi connectivity index (χ4v) is 3.74. The van der Waals surface area contributed by atoms with Gasteiger partial charge in [-0.25, -0.2) is 0 Å². The van der Waals surface area contributed by atoms with E-state index in [4.69, 9.17) is 0 Å². The Morgan fingerprint density at radius 3 is 2.24 bits per heavy atom. The van der Waals surface area contributed by atoms with E-state index in [0.29, 0.717) is 6.04 Å². The minimum Gasteiger partial charge on any atom is -0.309 e. The van der Waals surface area contributed by atoms with Crippen LogP contribution in [0, 0.1) is 0 Å². The van der Waals surface area contributed by atoms with Gasteiger partial charge in [0.25, 0.3) is 0 Å². The summed E-state index contributed by atoms with van der Waals surface area (Å²) in [7, 11) is 4.23. The molecule has 0 aromatic heterocycles. The summed E-state index contributed by atoms with van der Waals surface area (Å²) in [6, 6.07) is 18.1. The third kappa shape index (κ3) is 6.50. The van der Waals surface area contributed by atoms with Gasteiger partial charge in [0.05, 0.1) is 0 Å². The number of rotatable bonds is 7. The molecule has 0 bridgehead atoms. The summed E-state index contributed by atoms with van der Waals surface area (Å²) < 4.78 is 0. The molecule has 0 aliphatic carbocycles. The molecule has 0 amide bonds. The highest BCUT2D eigenvalue weighted by atomic mass is 32.2. The zero-order valence-corrected chi connectivity index (χ0v) is 17.3. The number of nitrogens with zero attached hydrogens (tertiary/aromatic N) is 1. The average molecular weight is 357 g/mol. The molecule has 136 valence electrons. The molecule has 2 aromatic rings. The third-order valence-electron chi connectivity index (χ3n) is 4.20. The zero-order valence-electron chi connectivity index (χ0n) is 16.5. The zero-order chi connectivity index (χ0) is 18.4. The Morgan fingerprint density at radius 1 is 1.00 bits per heavy atom. The second-order valence-electron chi connectivity index (χ2n) is 8.03. The van der Waals surface area contributed by atoms with Crippen LogP contribution in [-0.4, -0.2) is 31.6 Å². The molecule has 3 heteroatoms. The van der Waals surface area contributed by atoms with E-state index in [1.54, 1.807) is 0 Å². The number of benzene rings is 2. The first-order valence-corrected chi connectivity index (χ1v) is 9.82. The highest BCUT2D eigenvalue weighted by Crippen LogP contribution is 2.32. The van der Waals surface area contributed by atoms with Crippen molar-refractivity contribution in [1.29, 1.82) is 0 Å². The Hall–Kier alpha value is -1.29. The monoisotopic (exact) mass is 356 g/mol. The normalized spacial score (nSPS) is 13.2. The molecule has 0 fully saturated rings. The van der Waals surface area contributed by atoms with Gasteiger partial charge in [-0.05, 0) is 55.8 Å². The van der Waals surface area contributed by atoms with Crippen LogP contribution >= 0.6 is 11.8 Å². The molecule has 2 aromatic carbocycles. The lowest BCUT2D eigenvalue weighted by Crippen LogP contribution is -2.35. The molecule has 2 nitrogen and oxygen atoms in total. The predicted octanol–water partition coefficient (Wildman–Crippen LogP) is 5.18. The smallest absolute Gasteiger partial charge is 0.0219 e. The van der Waals surface area contributed by atoms with Gasteiger partial charge >= 0.3 is 0 Å². The lowest BCUT2D eigenvalue weighted by Gasteiger charge is -2.20. The van der Waals surface area contributed by atoms with Crippen molar-refractivity contribution in [3.8, 4) is 0 Å². The van der Waals surface area contributed by atoms with Gasteiger partial charge in [0.15, 0.2) is 0 Å². The topological polar surface area (TPSA) is 15.3 Å². The average Bonchev–Trinajstić information content (AvgIpc) is 2.53. The van der Waals surface area contributed by atoms with Crippen LogP contribution < -0.4 is 5.32 Å². The van der Waals surface area contributed by atoms with Crippen LogP contribution in [0.3, 0.4) is 0 Å². The van der Waals surface area contributed by atoms with Gasteiger partial charge in [-0.15, -0.1) is 0 Å². The molecule has 0 saturated carbocycles. The molecule has 1 N–H and O–H groups in total. The minimum atomic E-state index is 0.202. The molecule has 1 atom stereocenters. The molecule has 0 heterocycles. The summed E-state index contributed by atoms with van der Waals surface area (Å²) in [6.45, 7) is 10.9. The van der Waals surface area contributed by atoms with E-state index in [2.05, 4.69) is 101 Å². The molecule has 0 aliphatic rings. The molecular formula is C22H32N2S. The second kappa shape index (κ2) is 8.88. The van der Waals surface area contributed by atoms with Crippen LogP contribution in [0.5, 0.6) is 0 Å². The fourth-order valence-electron chi connectivity index (χ4n) is 2.80. The van der Waals surface area contributed by atoms with Gasteiger partial charge in [0.2, 0.25) is 0 Å². The van der Waals surface area contributed by atoms with E-state index in [1.165, 1.54) is 20.9 Å². The van der Waals surface area contributed by atoms with Gasteiger partial charge in [-0.1, -0.05) is 62.9 Å². The van der Waals surface area contributed by atoms with Gasteiger partial charge in [0, 0.05) is 28.9 Å². The van der Waals surface area contributed by atoms with Crippen molar-refractivity contribution in [2.75, 3.05) is 20.6 Å². The van der Waals surface area contributed by atoms with Gasteiger partial charge < -0.3 is 10.2 Å². The van der Waals surface area contributed by atoms with Crippen LogP contribution in [0.2, 0.25) is 0 Å². The molecule has 0 spiro atoms. The summed E-state index contributed by atoms with van der Waals surface area (Å²) in [5, 5.41) is 3.63. The molecular weight excluding hydrogens is 324 g/mol. The Morgan fingerprint density at radius 2 is 1.64 bits per heavy atom. The van der Waals surface area contributed by atoms with E-state index in [0.717, 1.165) is 13.1 Å². The Kier molecular flexibility index (Phi) is 7.12. The van der Waals surface area contributed by atoms with Crippen LogP contribution in [0.4, 0.5) is 0 Å². The fraction of sp³-hybridized carbons (Fsp3) is 0.455. The van der Waals surface area contributed by atoms with Gasteiger partial charge in [0.1, 0.15) is 0 Å². The first kappa shape index (κ1) is 20.0. The van der Waals surface area contributed by atoms with Crippen molar-refractivity contribution in [3.63, 3.8) is 0 Å². The van der Waals surface area contributed by atoms with E-state index in [9.17, 15) is 0 Å². The Labute approximate surface area is 158 Å². The predicted molar refractivity (Wildman–Crippen MR) is 111 cm³/mol. The maximum absolute atomic E-state index is 3.63. The number of hydrogen-bond acceptors (Lipinski definition) is 3. The number of likely N-dealkylation sites (N-methyl/N-ethyl adjacent to an activating group) is 1. The Balaban J connectivity index is 2.05. The number of hydrogen-bond donors (Lipinski definition) is 1. The van der Waals surface area contributed by atoms with Crippen molar-refractivity contribution in [2.24, 2.45) is 0 Å². The van der Waals surface area contributed by atoms with Crippen molar-refractivity contribution >= 4 is 11.8 Å². The summed E-state index contributed by atoms with van der Waals surface area (Å²) in [4.78, 5) is 4.84. The number of nitrogens with one attached hydrogen (secondary N) is 1. The first-order chi connectivity index (χ1) is 11.8. The van der Waals surface area contributed by atoms with E-state index in [1.807, 2.05) is 11.8 Å². The molecule has 0 radical (unpaired) electrons. The van der Waals surface area contributed by atoms with E-state index < -0.39 is 0 Å². The minimum absolute atomic E-state index is 0.202. The quantitative estimate of drug-likeness (QED) is 0.736. The maximum Gasteiger partial charge on any atom is 0.0219 e. The summed E-state index contributed by atoms with van der Waals surface area (Å²) in [5.74, 6) is 0. The highest BCUT2D eigenvalue weighted by molar-refractivity contribution is 7.99. The summed E-state index contributed by atoms with van der Waals surface area (Å²) in [6.07, 6.45) is 0. The van der Waals surface area contributed by atoms with Crippen LogP contribution in [0.15, 0.2) is 58.3 Å². The third-order valence-corrected chi connectivity index (χ3v) is 5.33. The van der Waals surface area contributed by atoms with Crippen molar-refractivity contribution < 1.29 is 0 Å². The summed E-state index contributed by atoms with van der Waals surface area (Å²) in [5.41, 5.74) is 2.94. The molecule has 0 saturated heterocycles. The lowest BCUT2D eigenvalue weighted by atomic mass is 9.87. The second-order valence-corrected chi connectivity index (χ2v) is 9.14. The summed E-state index contributed by atoms with van der Waals surface area (Å²) >= 11 is 1.85. The van der Waals surface area contributed by atoms with Gasteiger partial charge in [-0.2, -0.15) is 0 Å². The largest absolute Gasteiger partial charge is 0.309 e. The molecule has 2 rings (SSSR count). The molecule has 1 unspecified atom stereocenters. The Bertz CT molecular complexity index is 656. The van der Waals surface area contributed by atoms with Crippen LogP contribution in [0.1, 0.15) is 38.8 Å². The lowest BCUT2D eigenvalue weighted by molar-refractivity contribution is 0.348. The van der Waals surface area contributed by atoms with Gasteiger partial charge in [-0.3, -0.25) is 0 Å². The molecule has 25 heavy (non-hydrogen) atoms. The van der Waals surface area contributed by atoms with E-state index >= 15 is 0 Å². The van der Waals surface area contributed by atoms with Crippen molar-refractivity contribution in [1.82, 2.24) is 10.2 Å². The first-order valence-electron chi connectivity index (χ1n) is 9.00. The molecule has 0 aliphatic heterocycles. The van der Waals surface area contributed by atoms with E-state index in [-0.39, 0.29) is 5.41 Å². The highest BCUT2D eigenvalue weighted by Gasteiger charge is 2.13. The van der Waals surface area contributed by atoms with Crippen LogP contribution in [0.25, 0.3) is 0 Å². The maximum atomic E-state index is 3.63. The SMILES string of the molecule is CC(CN(C)C)NCc1ccccc1Sc1ccc(C(C)(C)C)cc1. The van der Waals surface area contributed by atoms with Crippen molar-refractivity contribution in [3.05, 3.63) is 59.7 Å². The van der Waals surface area contributed by atoms with Crippen LogP contribution in [-0.2, 0) is 12.0 Å². The standard InChI is InChI=1S/C22H32N2S/c1-17(16-24(5)6)23-15-18-9-7-8-10-21(18)25-20-13-11-19(12-14-20)22(2,3)4/h7-14,17,23H,15-16H2,1-6H3. The van der Waals surface area contributed by atoms with Crippen molar-refractivity contribution in [2.45, 2.75) is 55.5 Å².